The molecule has 4 atom stereocenters. The maximum absolute atomic E-state index is 12.4. The number of hydrogen-bond acceptors (Lipinski definition) is 3. The van der Waals surface area contributed by atoms with Gasteiger partial charge in [-0.3, -0.25) is 14.6 Å². The zero-order valence-corrected chi connectivity index (χ0v) is 12.5. The third-order valence-corrected chi connectivity index (χ3v) is 4.38. The zero-order chi connectivity index (χ0) is 15.4. The normalized spacial score (nSPS) is 26.3. The fraction of sp³-hybridized carbons (Fsp3) is 0.562. The second kappa shape index (κ2) is 6.70. The van der Waals surface area contributed by atoms with E-state index in [0.717, 1.165) is 12.1 Å². The van der Waals surface area contributed by atoms with Crippen molar-refractivity contribution >= 4 is 11.9 Å². The third kappa shape index (κ3) is 3.60. The van der Waals surface area contributed by atoms with Crippen LogP contribution in [0.2, 0.25) is 0 Å². The number of aliphatic carboxylic acids is 1. The molecule has 5 heteroatoms. The molecular formula is C16H22N2O3. The Bertz CT molecular complexity index is 504. The molecule has 2 N–H and O–H groups in total. The topological polar surface area (TPSA) is 79.3 Å². The van der Waals surface area contributed by atoms with Crippen LogP contribution in [0.4, 0.5) is 0 Å². The minimum absolute atomic E-state index is 0.170. The largest absolute Gasteiger partial charge is 0.481 e. The quantitative estimate of drug-likeness (QED) is 0.872. The van der Waals surface area contributed by atoms with E-state index in [1.165, 1.54) is 0 Å². The molecule has 1 aromatic heterocycles. The summed E-state index contributed by atoms with van der Waals surface area (Å²) in [5.74, 6) is -1.70. The smallest absolute Gasteiger partial charge is 0.307 e. The van der Waals surface area contributed by atoms with Crippen LogP contribution >= 0.6 is 0 Å². The highest BCUT2D eigenvalue weighted by Gasteiger charge is 2.42. The number of nitrogens with one attached hydrogen (secondary N) is 1. The molecule has 21 heavy (non-hydrogen) atoms. The number of carboxylic acid groups (broad SMARTS) is 1. The van der Waals surface area contributed by atoms with Gasteiger partial charge in [-0.1, -0.05) is 19.4 Å². The summed E-state index contributed by atoms with van der Waals surface area (Å²) in [7, 11) is 0. The lowest BCUT2D eigenvalue weighted by atomic mass is 9.95. The van der Waals surface area contributed by atoms with Gasteiger partial charge < -0.3 is 10.4 Å². The Morgan fingerprint density at radius 2 is 2.10 bits per heavy atom. The molecule has 5 nitrogen and oxygen atoms in total. The van der Waals surface area contributed by atoms with Crippen LogP contribution in [0.3, 0.4) is 0 Å². The third-order valence-electron chi connectivity index (χ3n) is 4.38. The van der Waals surface area contributed by atoms with Crippen LogP contribution in [0, 0.1) is 17.8 Å². The van der Waals surface area contributed by atoms with Crippen LogP contribution in [0.1, 0.15) is 44.8 Å². The first-order valence-corrected chi connectivity index (χ1v) is 7.47. The molecule has 1 heterocycles. The van der Waals surface area contributed by atoms with E-state index in [4.69, 9.17) is 0 Å². The number of carbonyl (C=O) groups is 2. The van der Waals surface area contributed by atoms with Crippen molar-refractivity contribution < 1.29 is 14.7 Å². The van der Waals surface area contributed by atoms with Gasteiger partial charge in [-0.05, 0) is 37.8 Å². The van der Waals surface area contributed by atoms with Gasteiger partial charge in [0.1, 0.15) is 0 Å². The van der Waals surface area contributed by atoms with Crippen molar-refractivity contribution in [2.45, 2.75) is 39.2 Å². The molecule has 1 amide bonds. The molecule has 1 aromatic rings. The van der Waals surface area contributed by atoms with Gasteiger partial charge in [0.15, 0.2) is 0 Å². The van der Waals surface area contributed by atoms with Crippen molar-refractivity contribution in [3.63, 3.8) is 0 Å². The van der Waals surface area contributed by atoms with Crippen molar-refractivity contribution in [2.24, 2.45) is 17.8 Å². The molecule has 0 saturated heterocycles. The molecule has 0 aromatic carbocycles. The Balaban J connectivity index is 2.03. The van der Waals surface area contributed by atoms with Gasteiger partial charge in [0.25, 0.3) is 0 Å². The van der Waals surface area contributed by atoms with E-state index in [-0.39, 0.29) is 11.9 Å². The maximum atomic E-state index is 12.4. The Morgan fingerprint density at radius 3 is 2.67 bits per heavy atom. The van der Waals surface area contributed by atoms with Gasteiger partial charge in [-0.2, -0.15) is 0 Å². The van der Waals surface area contributed by atoms with E-state index in [1.807, 2.05) is 32.0 Å². The lowest BCUT2D eigenvalue weighted by Crippen LogP contribution is -2.36. The number of nitrogens with zero attached hydrogens (tertiary/aromatic N) is 1. The van der Waals surface area contributed by atoms with E-state index < -0.39 is 17.8 Å². The van der Waals surface area contributed by atoms with Gasteiger partial charge in [0.05, 0.1) is 23.6 Å². The van der Waals surface area contributed by atoms with Crippen LogP contribution in [-0.4, -0.2) is 22.0 Å². The molecule has 2 rings (SSSR count). The first-order valence-electron chi connectivity index (χ1n) is 7.47. The van der Waals surface area contributed by atoms with Crippen LogP contribution < -0.4 is 5.32 Å². The van der Waals surface area contributed by atoms with Crippen molar-refractivity contribution in [1.82, 2.24) is 10.3 Å². The Labute approximate surface area is 124 Å². The minimum Gasteiger partial charge on any atom is -0.481 e. The molecule has 0 radical (unpaired) electrons. The molecule has 0 spiro atoms. The molecular weight excluding hydrogens is 268 g/mol. The second-order valence-electron chi connectivity index (χ2n) is 5.78. The molecule has 1 fully saturated rings. The van der Waals surface area contributed by atoms with Crippen molar-refractivity contribution in [3.05, 3.63) is 30.1 Å². The number of carbonyl (C=O) groups excluding carboxylic acids is 1. The van der Waals surface area contributed by atoms with Gasteiger partial charge in [0.2, 0.25) is 5.91 Å². The molecule has 2 unspecified atom stereocenters. The van der Waals surface area contributed by atoms with Crippen molar-refractivity contribution in [1.29, 1.82) is 0 Å². The summed E-state index contributed by atoms with van der Waals surface area (Å²) in [6.45, 7) is 3.91. The van der Waals surface area contributed by atoms with Crippen LogP contribution in [0.5, 0.6) is 0 Å². The summed E-state index contributed by atoms with van der Waals surface area (Å²) >= 11 is 0. The van der Waals surface area contributed by atoms with E-state index in [0.29, 0.717) is 18.8 Å². The predicted octanol–water partition coefficient (Wildman–Crippen LogP) is 2.40. The summed E-state index contributed by atoms with van der Waals surface area (Å²) in [6.07, 6.45) is 3.86. The van der Waals surface area contributed by atoms with Gasteiger partial charge in [-0.25, -0.2) is 0 Å². The summed E-state index contributed by atoms with van der Waals surface area (Å²) in [6, 6.07) is 5.33. The molecule has 1 saturated carbocycles. The highest BCUT2D eigenvalue weighted by molar-refractivity contribution is 5.85. The van der Waals surface area contributed by atoms with Gasteiger partial charge >= 0.3 is 5.97 Å². The lowest BCUT2D eigenvalue weighted by Gasteiger charge is -2.19. The highest BCUT2D eigenvalue weighted by atomic mass is 16.4. The van der Waals surface area contributed by atoms with E-state index in [9.17, 15) is 14.7 Å². The Kier molecular flexibility index (Phi) is 4.94. The first kappa shape index (κ1) is 15.5. The van der Waals surface area contributed by atoms with E-state index >= 15 is 0 Å². The lowest BCUT2D eigenvalue weighted by molar-refractivity contribution is -0.146. The van der Waals surface area contributed by atoms with Crippen LogP contribution in [0.25, 0.3) is 0 Å². The van der Waals surface area contributed by atoms with Crippen LogP contribution in [-0.2, 0) is 9.59 Å². The summed E-state index contributed by atoms with van der Waals surface area (Å²) in [4.78, 5) is 28.0. The van der Waals surface area contributed by atoms with Crippen molar-refractivity contribution in [3.8, 4) is 0 Å². The molecule has 114 valence electrons. The molecule has 1 aliphatic rings. The van der Waals surface area contributed by atoms with E-state index in [1.54, 1.807) is 6.20 Å². The fourth-order valence-electron chi connectivity index (χ4n) is 3.07. The monoisotopic (exact) mass is 290 g/mol. The number of pyridine rings is 1. The molecule has 1 aliphatic carbocycles. The molecule has 0 aliphatic heterocycles. The van der Waals surface area contributed by atoms with Gasteiger partial charge in [-0.15, -0.1) is 0 Å². The zero-order valence-electron chi connectivity index (χ0n) is 12.5. The fourth-order valence-corrected chi connectivity index (χ4v) is 3.07. The molecule has 0 bridgehead atoms. The van der Waals surface area contributed by atoms with Crippen LogP contribution in [0.15, 0.2) is 24.4 Å². The first-order chi connectivity index (χ1) is 10.0. The predicted molar refractivity (Wildman–Crippen MR) is 78.4 cm³/mol. The average molecular weight is 290 g/mol. The number of hydrogen-bond donors (Lipinski definition) is 2. The average Bonchev–Trinajstić information content (AvgIpc) is 2.92. The number of amides is 1. The summed E-state index contributed by atoms with van der Waals surface area (Å²) in [5.41, 5.74) is 0.780. The second-order valence-corrected chi connectivity index (χ2v) is 5.78. The standard InChI is InChI=1S/C16H22N2O3/c1-3-11-8-12(13(9-11)16(20)21)15(19)18-10(2)14-6-4-5-7-17-14/h4-7,10-13H,3,8-9H2,1-2H3,(H,18,19)(H,20,21)/t10?,11?,12-,13+/m0/s1. The number of rotatable bonds is 5. The summed E-state index contributed by atoms with van der Waals surface area (Å²) < 4.78 is 0. The number of aromatic nitrogens is 1. The Morgan fingerprint density at radius 1 is 1.38 bits per heavy atom. The number of carboxylic acids is 1. The van der Waals surface area contributed by atoms with Crippen molar-refractivity contribution in [2.75, 3.05) is 0 Å². The van der Waals surface area contributed by atoms with E-state index in [2.05, 4.69) is 10.3 Å². The minimum atomic E-state index is -0.864. The van der Waals surface area contributed by atoms with Gasteiger partial charge in [0, 0.05) is 6.20 Å². The highest BCUT2D eigenvalue weighted by Crippen LogP contribution is 2.38. The SMILES string of the molecule is CCC1C[C@H](C(=O)NC(C)c2ccccn2)[C@H](C(=O)O)C1. The Hall–Kier alpha value is -1.91. The summed E-state index contributed by atoms with van der Waals surface area (Å²) in [5, 5.41) is 12.2. The maximum Gasteiger partial charge on any atom is 0.307 e.